The Morgan fingerprint density at radius 1 is 1.30 bits per heavy atom. The maximum absolute atomic E-state index is 12.4. The molecule has 2 aromatic carbocycles. The van der Waals surface area contributed by atoms with Crippen molar-refractivity contribution in [1.82, 2.24) is 5.32 Å². The fraction of sp³-hybridized carbons (Fsp3) is 0.278. The van der Waals surface area contributed by atoms with Crippen molar-refractivity contribution in [2.75, 3.05) is 19.0 Å². The molecule has 0 saturated carbocycles. The van der Waals surface area contributed by atoms with Crippen LogP contribution in [0.4, 0.5) is 10.5 Å². The number of ether oxygens (including phenoxy) is 2. The first-order valence-corrected chi connectivity index (χ1v) is 9.84. The van der Waals surface area contributed by atoms with Crippen molar-refractivity contribution in [3.63, 3.8) is 0 Å². The third kappa shape index (κ3) is 4.32. The molecular weight excluding hydrogens is 370 g/mol. The number of methoxy groups -OCH3 is 1. The number of amides is 2. The summed E-state index contributed by atoms with van der Waals surface area (Å²) in [6, 6.07) is 8.86. The molecule has 0 aromatic heterocycles. The van der Waals surface area contributed by atoms with E-state index in [4.69, 9.17) is 14.6 Å². The second kappa shape index (κ2) is 7.45. The van der Waals surface area contributed by atoms with E-state index < -0.39 is 16.1 Å². The van der Waals surface area contributed by atoms with Crippen LogP contribution in [-0.4, -0.2) is 28.2 Å². The molecule has 144 valence electrons. The van der Waals surface area contributed by atoms with Crippen LogP contribution in [0.15, 0.2) is 41.3 Å². The number of urea groups is 1. The topological polar surface area (TPSA) is 120 Å². The Morgan fingerprint density at radius 3 is 2.78 bits per heavy atom. The van der Waals surface area contributed by atoms with E-state index in [1.54, 1.807) is 13.2 Å². The lowest BCUT2D eigenvalue weighted by atomic mass is 9.98. The average Bonchev–Trinajstić information content (AvgIpc) is 2.61. The van der Waals surface area contributed by atoms with Crippen LogP contribution >= 0.6 is 0 Å². The van der Waals surface area contributed by atoms with Crippen molar-refractivity contribution in [2.24, 2.45) is 5.14 Å². The van der Waals surface area contributed by atoms with E-state index in [0.29, 0.717) is 30.2 Å². The Hall–Kier alpha value is -2.78. The zero-order chi connectivity index (χ0) is 19.6. The van der Waals surface area contributed by atoms with Crippen molar-refractivity contribution in [3.05, 3.63) is 47.5 Å². The number of sulfonamides is 1. The fourth-order valence-corrected chi connectivity index (χ4v) is 3.55. The maximum atomic E-state index is 12.4. The molecule has 4 N–H and O–H groups in total. The highest BCUT2D eigenvalue weighted by atomic mass is 32.2. The molecule has 1 aliphatic rings. The third-order valence-corrected chi connectivity index (χ3v) is 5.11. The number of nitrogens with one attached hydrogen (secondary N) is 2. The van der Waals surface area contributed by atoms with E-state index >= 15 is 0 Å². The number of carbonyl (C=O) groups is 1. The minimum Gasteiger partial charge on any atom is -0.493 e. The molecule has 27 heavy (non-hydrogen) atoms. The minimum absolute atomic E-state index is 0.0722. The molecule has 1 aliphatic heterocycles. The van der Waals surface area contributed by atoms with Crippen LogP contribution in [0.1, 0.15) is 23.6 Å². The largest absolute Gasteiger partial charge is 0.493 e. The van der Waals surface area contributed by atoms with Crippen LogP contribution < -0.4 is 25.2 Å². The van der Waals surface area contributed by atoms with Gasteiger partial charge in [-0.3, -0.25) is 0 Å². The van der Waals surface area contributed by atoms with Crippen molar-refractivity contribution in [2.45, 2.75) is 24.3 Å². The van der Waals surface area contributed by atoms with Crippen LogP contribution in [0.25, 0.3) is 0 Å². The first kappa shape index (κ1) is 19.0. The molecule has 0 aliphatic carbocycles. The molecule has 2 amide bonds. The van der Waals surface area contributed by atoms with Gasteiger partial charge in [-0.25, -0.2) is 18.4 Å². The normalized spacial score (nSPS) is 16.0. The molecule has 1 atom stereocenters. The quantitative estimate of drug-likeness (QED) is 0.739. The van der Waals surface area contributed by atoms with E-state index in [-0.39, 0.29) is 10.9 Å². The van der Waals surface area contributed by atoms with Gasteiger partial charge in [-0.05, 0) is 36.8 Å². The van der Waals surface area contributed by atoms with Crippen molar-refractivity contribution in [3.8, 4) is 11.5 Å². The van der Waals surface area contributed by atoms with E-state index in [9.17, 15) is 13.2 Å². The number of aryl methyl sites for hydroxylation is 1. The first-order chi connectivity index (χ1) is 12.8. The van der Waals surface area contributed by atoms with Gasteiger partial charge in [0.05, 0.1) is 24.7 Å². The summed E-state index contributed by atoms with van der Waals surface area (Å²) in [6.07, 6.45) is 0.601. The van der Waals surface area contributed by atoms with Crippen LogP contribution in [0.5, 0.6) is 11.5 Å². The van der Waals surface area contributed by atoms with Crippen LogP contribution in [0.3, 0.4) is 0 Å². The molecule has 3 rings (SSSR count). The van der Waals surface area contributed by atoms with Gasteiger partial charge in [0.15, 0.2) is 11.5 Å². The minimum atomic E-state index is -3.84. The third-order valence-electron chi connectivity index (χ3n) is 4.20. The molecule has 0 bridgehead atoms. The summed E-state index contributed by atoms with van der Waals surface area (Å²) < 4.78 is 34.0. The second-order valence-corrected chi connectivity index (χ2v) is 7.81. The van der Waals surface area contributed by atoms with Gasteiger partial charge in [0.2, 0.25) is 10.0 Å². The smallest absolute Gasteiger partial charge is 0.319 e. The van der Waals surface area contributed by atoms with Crippen LogP contribution in [0.2, 0.25) is 0 Å². The van der Waals surface area contributed by atoms with Gasteiger partial charge in [-0.1, -0.05) is 12.1 Å². The van der Waals surface area contributed by atoms with E-state index in [1.165, 1.54) is 18.2 Å². The number of anilines is 1. The van der Waals surface area contributed by atoms with E-state index in [2.05, 4.69) is 10.6 Å². The molecule has 0 unspecified atom stereocenters. The number of primary sulfonamides is 1. The highest BCUT2D eigenvalue weighted by Crippen LogP contribution is 2.40. The number of benzene rings is 2. The molecule has 1 heterocycles. The SMILES string of the molecule is COc1cc(C)cc2c1OCC[C@H]2NC(=O)Nc1cccc(S(N)(=O)=O)c1. The molecule has 9 heteroatoms. The lowest BCUT2D eigenvalue weighted by Gasteiger charge is -2.28. The fourth-order valence-electron chi connectivity index (χ4n) is 2.99. The summed E-state index contributed by atoms with van der Waals surface area (Å²) in [4.78, 5) is 12.3. The van der Waals surface area contributed by atoms with E-state index in [1.807, 2.05) is 19.1 Å². The Bertz CT molecular complexity index is 975. The summed E-state index contributed by atoms with van der Waals surface area (Å²) in [5.74, 6) is 1.24. The number of nitrogens with two attached hydrogens (primary N) is 1. The summed E-state index contributed by atoms with van der Waals surface area (Å²) in [7, 11) is -2.27. The van der Waals surface area contributed by atoms with Crippen LogP contribution in [0, 0.1) is 6.92 Å². The maximum Gasteiger partial charge on any atom is 0.319 e. The van der Waals surface area contributed by atoms with Gasteiger partial charge in [0.1, 0.15) is 0 Å². The number of hydrogen-bond acceptors (Lipinski definition) is 5. The van der Waals surface area contributed by atoms with Gasteiger partial charge in [-0.15, -0.1) is 0 Å². The van der Waals surface area contributed by atoms with Gasteiger partial charge >= 0.3 is 6.03 Å². The van der Waals surface area contributed by atoms with E-state index in [0.717, 1.165) is 11.1 Å². The first-order valence-electron chi connectivity index (χ1n) is 8.29. The average molecular weight is 391 g/mol. The summed E-state index contributed by atoms with van der Waals surface area (Å²) in [5.41, 5.74) is 2.16. The molecule has 0 radical (unpaired) electrons. The summed E-state index contributed by atoms with van der Waals surface area (Å²) in [6.45, 7) is 2.38. The Kier molecular flexibility index (Phi) is 5.24. The van der Waals surface area contributed by atoms with Gasteiger partial charge in [0, 0.05) is 17.7 Å². The highest BCUT2D eigenvalue weighted by molar-refractivity contribution is 7.89. The standard InChI is InChI=1S/C18H21N3O5S/c1-11-8-14-15(6-7-26-17(14)16(9-11)25-2)21-18(22)20-12-4-3-5-13(10-12)27(19,23)24/h3-5,8-10,15H,6-7H2,1-2H3,(H2,19,23,24)(H2,20,21,22)/t15-/m1/s1. The Morgan fingerprint density at radius 2 is 2.07 bits per heavy atom. The molecule has 0 fully saturated rings. The van der Waals surface area contributed by atoms with Crippen molar-refractivity contribution >= 4 is 21.7 Å². The predicted molar refractivity (Wildman–Crippen MR) is 101 cm³/mol. The summed E-state index contributed by atoms with van der Waals surface area (Å²) >= 11 is 0. The summed E-state index contributed by atoms with van der Waals surface area (Å²) in [5, 5.41) is 10.6. The predicted octanol–water partition coefficient (Wildman–Crippen LogP) is 2.30. The van der Waals surface area contributed by atoms with Gasteiger partial charge in [0.25, 0.3) is 0 Å². The monoisotopic (exact) mass is 391 g/mol. The molecular formula is C18H21N3O5S. The number of carbonyl (C=O) groups excluding carboxylic acids is 1. The second-order valence-electron chi connectivity index (χ2n) is 6.25. The Labute approximate surface area is 157 Å². The van der Waals surface area contributed by atoms with Crippen LogP contribution in [-0.2, 0) is 10.0 Å². The van der Waals surface area contributed by atoms with Crippen molar-refractivity contribution in [1.29, 1.82) is 0 Å². The number of rotatable bonds is 4. The van der Waals surface area contributed by atoms with Crippen molar-refractivity contribution < 1.29 is 22.7 Å². The zero-order valence-electron chi connectivity index (χ0n) is 15.0. The molecule has 0 spiro atoms. The van der Waals surface area contributed by atoms with Gasteiger partial charge in [-0.2, -0.15) is 0 Å². The molecule has 2 aromatic rings. The van der Waals surface area contributed by atoms with Gasteiger partial charge < -0.3 is 20.1 Å². The number of fused-ring (bicyclic) bond motifs is 1. The highest BCUT2D eigenvalue weighted by Gasteiger charge is 2.26. The molecule has 8 nitrogen and oxygen atoms in total. The number of hydrogen-bond donors (Lipinski definition) is 3. The lowest BCUT2D eigenvalue weighted by Crippen LogP contribution is -2.35. The Balaban J connectivity index is 1.78. The zero-order valence-corrected chi connectivity index (χ0v) is 15.8. The lowest BCUT2D eigenvalue weighted by molar-refractivity contribution is 0.226. The molecule has 0 saturated heterocycles.